The first-order valence-electron chi connectivity index (χ1n) is 7.05. The van der Waals surface area contributed by atoms with E-state index < -0.39 is 0 Å². The quantitative estimate of drug-likeness (QED) is 0.892. The Kier molecular flexibility index (Phi) is 3.30. The van der Waals surface area contributed by atoms with Gasteiger partial charge in [-0.25, -0.2) is 9.97 Å². The zero-order valence-corrected chi connectivity index (χ0v) is 11.8. The predicted octanol–water partition coefficient (Wildman–Crippen LogP) is 1.70. The first-order valence-corrected chi connectivity index (χ1v) is 7.05. The van der Waals surface area contributed by atoms with Crippen molar-refractivity contribution in [2.24, 2.45) is 0 Å². The standard InChI is InChI=1S/C14H19N5O/c1-9(2)17-14(20)10-7-15-13-12(10)18-11(8-16-13)19-5-3-4-6-19/h7-9H,3-6H2,1-2H3,(H,15,16)(H,17,20). The van der Waals surface area contributed by atoms with Gasteiger partial charge in [-0.1, -0.05) is 0 Å². The normalized spacial score (nSPS) is 15.2. The van der Waals surface area contributed by atoms with Gasteiger partial charge in [0, 0.05) is 25.3 Å². The topological polar surface area (TPSA) is 73.9 Å². The van der Waals surface area contributed by atoms with Crippen molar-refractivity contribution in [3.63, 3.8) is 0 Å². The number of amides is 1. The second kappa shape index (κ2) is 5.11. The van der Waals surface area contributed by atoms with Crippen LogP contribution in [0.25, 0.3) is 11.2 Å². The van der Waals surface area contributed by atoms with E-state index in [4.69, 9.17) is 0 Å². The van der Waals surface area contributed by atoms with Gasteiger partial charge in [-0.3, -0.25) is 4.79 Å². The van der Waals surface area contributed by atoms with E-state index in [9.17, 15) is 4.79 Å². The molecule has 1 saturated heterocycles. The lowest BCUT2D eigenvalue weighted by Gasteiger charge is -2.15. The van der Waals surface area contributed by atoms with Crippen LogP contribution in [-0.2, 0) is 0 Å². The number of aromatic amines is 1. The summed E-state index contributed by atoms with van der Waals surface area (Å²) in [5.74, 6) is 0.743. The Balaban J connectivity index is 1.96. The number of hydrogen-bond acceptors (Lipinski definition) is 4. The van der Waals surface area contributed by atoms with E-state index in [0.717, 1.165) is 18.9 Å². The van der Waals surface area contributed by atoms with Crippen LogP contribution in [0.5, 0.6) is 0 Å². The van der Waals surface area contributed by atoms with Crippen molar-refractivity contribution in [1.29, 1.82) is 0 Å². The fraction of sp³-hybridized carbons (Fsp3) is 0.500. The van der Waals surface area contributed by atoms with E-state index in [-0.39, 0.29) is 11.9 Å². The average Bonchev–Trinajstić information content (AvgIpc) is 3.06. The molecule has 1 fully saturated rings. The third-order valence-electron chi connectivity index (χ3n) is 3.46. The Morgan fingerprint density at radius 3 is 2.85 bits per heavy atom. The third kappa shape index (κ3) is 2.33. The van der Waals surface area contributed by atoms with Crippen molar-refractivity contribution in [2.45, 2.75) is 32.7 Å². The van der Waals surface area contributed by atoms with E-state index in [0.29, 0.717) is 16.7 Å². The fourth-order valence-corrected chi connectivity index (χ4v) is 2.49. The highest BCUT2D eigenvalue weighted by Crippen LogP contribution is 2.21. The van der Waals surface area contributed by atoms with Crippen molar-refractivity contribution >= 4 is 22.9 Å². The molecule has 0 unspecified atom stereocenters. The minimum Gasteiger partial charge on any atom is -0.355 e. The summed E-state index contributed by atoms with van der Waals surface area (Å²) in [4.78, 5) is 26.4. The smallest absolute Gasteiger partial charge is 0.255 e. The summed E-state index contributed by atoms with van der Waals surface area (Å²) < 4.78 is 0. The lowest BCUT2D eigenvalue weighted by Crippen LogP contribution is -2.30. The minimum absolute atomic E-state index is 0.0992. The lowest BCUT2D eigenvalue weighted by molar-refractivity contribution is 0.0944. The summed E-state index contributed by atoms with van der Waals surface area (Å²) in [6.07, 6.45) is 5.82. The molecule has 6 nitrogen and oxygen atoms in total. The summed E-state index contributed by atoms with van der Waals surface area (Å²) in [6.45, 7) is 5.90. The van der Waals surface area contributed by atoms with E-state index in [1.165, 1.54) is 12.8 Å². The Morgan fingerprint density at radius 2 is 2.15 bits per heavy atom. The van der Waals surface area contributed by atoms with Gasteiger partial charge in [0.25, 0.3) is 5.91 Å². The predicted molar refractivity (Wildman–Crippen MR) is 77.9 cm³/mol. The Bertz CT molecular complexity index is 628. The molecule has 0 aliphatic carbocycles. The van der Waals surface area contributed by atoms with E-state index >= 15 is 0 Å². The average molecular weight is 273 g/mol. The zero-order chi connectivity index (χ0) is 14.1. The largest absolute Gasteiger partial charge is 0.355 e. The molecule has 0 aromatic carbocycles. The van der Waals surface area contributed by atoms with Crippen LogP contribution in [0.2, 0.25) is 0 Å². The molecule has 0 spiro atoms. The van der Waals surface area contributed by atoms with E-state index in [1.54, 1.807) is 12.4 Å². The Hall–Kier alpha value is -2.11. The van der Waals surface area contributed by atoms with Gasteiger partial charge in [-0.15, -0.1) is 0 Å². The fourth-order valence-electron chi connectivity index (χ4n) is 2.49. The molecular formula is C14H19N5O. The van der Waals surface area contributed by atoms with Crippen LogP contribution >= 0.6 is 0 Å². The molecule has 3 heterocycles. The third-order valence-corrected chi connectivity index (χ3v) is 3.46. The van der Waals surface area contributed by atoms with Crippen molar-refractivity contribution in [3.8, 4) is 0 Å². The monoisotopic (exact) mass is 273 g/mol. The number of hydrogen-bond donors (Lipinski definition) is 2. The molecule has 0 bridgehead atoms. The number of nitrogens with one attached hydrogen (secondary N) is 2. The van der Waals surface area contributed by atoms with Crippen molar-refractivity contribution in [1.82, 2.24) is 20.3 Å². The summed E-state index contributed by atoms with van der Waals surface area (Å²) in [5.41, 5.74) is 1.86. The second-order valence-corrected chi connectivity index (χ2v) is 5.45. The number of carbonyl (C=O) groups excluding carboxylic acids is 1. The van der Waals surface area contributed by atoms with Gasteiger partial charge in [-0.2, -0.15) is 0 Å². The van der Waals surface area contributed by atoms with Crippen molar-refractivity contribution in [3.05, 3.63) is 18.0 Å². The van der Waals surface area contributed by atoms with Crippen LogP contribution in [0.3, 0.4) is 0 Å². The maximum atomic E-state index is 12.2. The molecule has 2 aromatic rings. The van der Waals surface area contributed by atoms with E-state index in [2.05, 4.69) is 25.2 Å². The summed E-state index contributed by atoms with van der Waals surface area (Å²) in [5, 5.41) is 2.89. The molecule has 20 heavy (non-hydrogen) atoms. The molecule has 6 heteroatoms. The Labute approximate surface area is 117 Å². The minimum atomic E-state index is -0.112. The van der Waals surface area contributed by atoms with Crippen LogP contribution in [0, 0.1) is 0 Å². The number of aromatic nitrogens is 3. The first kappa shape index (κ1) is 12.9. The molecule has 2 N–H and O–H groups in total. The lowest BCUT2D eigenvalue weighted by atomic mass is 10.2. The highest BCUT2D eigenvalue weighted by atomic mass is 16.1. The number of anilines is 1. The Morgan fingerprint density at radius 1 is 1.40 bits per heavy atom. The maximum Gasteiger partial charge on any atom is 0.255 e. The number of nitrogens with zero attached hydrogens (tertiary/aromatic N) is 3. The number of fused-ring (bicyclic) bond motifs is 1. The van der Waals surface area contributed by atoms with Gasteiger partial charge in [-0.05, 0) is 26.7 Å². The highest BCUT2D eigenvalue weighted by molar-refractivity contribution is 6.04. The highest BCUT2D eigenvalue weighted by Gasteiger charge is 2.18. The maximum absolute atomic E-state index is 12.2. The second-order valence-electron chi connectivity index (χ2n) is 5.45. The van der Waals surface area contributed by atoms with Gasteiger partial charge in [0.2, 0.25) is 0 Å². The molecule has 0 saturated carbocycles. The van der Waals surface area contributed by atoms with Gasteiger partial charge in [0.05, 0.1) is 11.8 Å². The summed E-state index contributed by atoms with van der Waals surface area (Å²) in [7, 11) is 0. The van der Waals surface area contributed by atoms with Gasteiger partial charge in [0.1, 0.15) is 11.3 Å². The molecule has 3 rings (SSSR count). The number of H-pyrrole nitrogens is 1. The van der Waals surface area contributed by atoms with Gasteiger partial charge < -0.3 is 15.2 Å². The molecule has 2 aromatic heterocycles. The van der Waals surface area contributed by atoms with Crippen molar-refractivity contribution in [2.75, 3.05) is 18.0 Å². The first-order chi connectivity index (χ1) is 9.65. The van der Waals surface area contributed by atoms with Gasteiger partial charge >= 0.3 is 0 Å². The molecule has 1 amide bonds. The molecule has 106 valence electrons. The van der Waals surface area contributed by atoms with Crippen molar-refractivity contribution < 1.29 is 4.79 Å². The van der Waals surface area contributed by atoms with E-state index in [1.807, 2.05) is 13.8 Å². The van der Waals surface area contributed by atoms with Crippen LogP contribution in [-0.4, -0.2) is 40.0 Å². The zero-order valence-electron chi connectivity index (χ0n) is 11.8. The van der Waals surface area contributed by atoms with Gasteiger partial charge in [0.15, 0.2) is 5.65 Å². The molecule has 0 radical (unpaired) electrons. The van der Waals surface area contributed by atoms with Crippen LogP contribution in [0.4, 0.5) is 5.82 Å². The number of rotatable bonds is 3. The van der Waals surface area contributed by atoms with Crippen LogP contribution in [0.15, 0.2) is 12.4 Å². The van der Waals surface area contributed by atoms with Crippen LogP contribution in [0.1, 0.15) is 37.0 Å². The summed E-state index contributed by atoms with van der Waals surface area (Å²) in [6, 6.07) is 0.0992. The molecule has 0 atom stereocenters. The number of carbonyl (C=O) groups is 1. The SMILES string of the molecule is CC(C)NC(=O)c1c[nH]c2ncc(N3CCCC3)nc12. The summed E-state index contributed by atoms with van der Waals surface area (Å²) >= 11 is 0. The molecule has 1 aliphatic heterocycles. The molecular weight excluding hydrogens is 254 g/mol. The van der Waals surface area contributed by atoms with Crippen LogP contribution < -0.4 is 10.2 Å². The molecule has 1 aliphatic rings.